The van der Waals surface area contributed by atoms with Crippen LogP contribution >= 0.6 is 22.9 Å². The third kappa shape index (κ3) is 3.32. The molecule has 0 amide bonds. The van der Waals surface area contributed by atoms with E-state index in [2.05, 4.69) is 39.2 Å². The number of halogens is 1. The van der Waals surface area contributed by atoms with Crippen LogP contribution in [0.4, 0.5) is 5.69 Å². The second kappa shape index (κ2) is 6.12. The largest absolute Gasteiger partial charge is 0.369 e. The van der Waals surface area contributed by atoms with Crippen molar-refractivity contribution < 1.29 is 0 Å². The van der Waals surface area contributed by atoms with Crippen molar-refractivity contribution in [3.05, 3.63) is 45.4 Å². The SMILES string of the molecule is Cc1nc(CN2CCN(c3ccc(Cl)cc3)CC2)cs1. The lowest BCUT2D eigenvalue weighted by atomic mass is 10.2. The molecule has 1 aliphatic rings. The summed E-state index contributed by atoms with van der Waals surface area (Å²) in [6.45, 7) is 7.32. The zero-order valence-corrected chi connectivity index (χ0v) is 13.1. The zero-order valence-electron chi connectivity index (χ0n) is 11.6. The fourth-order valence-corrected chi connectivity index (χ4v) is 3.26. The van der Waals surface area contributed by atoms with E-state index in [9.17, 15) is 0 Å². The van der Waals surface area contributed by atoms with Crippen molar-refractivity contribution in [2.24, 2.45) is 0 Å². The van der Waals surface area contributed by atoms with Crippen LogP contribution in [-0.2, 0) is 6.54 Å². The van der Waals surface area contributed by atoms with E-state index < -0.39 is 0 Å². The molecule has 0 aliphatic carbocycles. The molecule has 1 aromatic heterocycles. The Morgan fingerprint density at radius 3 is 2.45 bits per heavy atom. The molecule has 20 heavy (non-hydrogen) atoms. The number of hydrogen-bond acceptors (Lipinski definition) is 4. The first-order chi connectivity index (χ1) is 9.70. The standard InChI is InChI=1S/C15H18ClN3S/c1-12-17-14(11-20-12)10-18-6-8-19(9-7-18)15-4-2-13(16)3-5-15/h2-5,11H,6-10H2,1H3. The highest BCUT2D eigenvalue weighted by Gasteiger charge is 2.17. The summed E-state index contributed by atoms with van der Waals surface area (Å²) < 4.78 is 0. The molecule has 0 unspecified atom stereocenters. The molecule has 0 spiro atoms. The minimum atomic E-state index is 0.797. The molecule has 1 aromatic carbocycles. The van der Waals surface area contributed by atoms with E-state index in [0.29, 0.717) is 0 Å². The second-order valence-corrected chi connectivity index (χ2v) is 6.60. The average Bonchev–Trinajstić information content (AvgIpc) is 2.86. The number of aryl methyl sites for hydroxylation is 1. The third-order valence-corrected chi connectivity index (χ3v) is 4.69. The normalized spacial score (nSPS) is 16.6. The summed E-state index contributed by atoms with van der Waals surface area (Å²) in [5.74, 6) is 0. The molecule has 1 aliphatic heterocycles. The van der Waals surface area contributed by atoms with Gasteiger partial charge in [0.25, 0.3) is 0 Å². The zero-order chi connectivity index (χ0) is 13.9. The number of piperazine rings is 1. The van der Waals surface area contributed by atoms with Crippen LogP contribution < -0.4 is 4.90 Å². The first-order valence-corrected chi connectivity index (χ1v) is 8.10. The van der Waals surface area contributed by atoms with E-state index in [0.717, 1.165) is 42.8 Å². The fraction of sp³-hybridized carbons (Fsp3) is 0.400. The Labute approximate surface area is 128 Å². The van der Waals surface area contributed by atoms with Gasteiger partial charge in [0.15, 0.2) is 0 Å². The Balaban J connectivity index is 1.55. The summed E-state index contributed by atoms with van der Waals surface area (Å²) in [7, 11) is 0. The van der Waals surface area contributed by atoms with Crippen molar-refractivity contribution in [1.82, 2.24) is 9.88 Å². The first kappa shape index (κ1) is 13.9. The van der Waals surface area contributed by atoms with Crippen LogP contribution in [0, 0.1) is 6.92 Å². The van der Waals surface area contributed by atoms with Gasteiger partial charge in [-0.25, -0.2) is 4.98 Å². The van der Waals surface area contributed by atoms with Gasteiger partial charge in [-0.2, -0.15) is 0 Å². The van der Waals surface area contributed by atoms with Gasteiger partial charge < -0.3 is 4.90 Å². The van der Waals surface area contributed by atoms with Crippen LogP contribution in [0.5, 0.6) is 0 Å². The van der Waals surface area contributed by atoms with Crippen molar-refractivity contribution in [2.75, 3.05) is 31.1 Å². The molecule has 5 heteroatoms. The molecule has 0 N–H and O–H groups in total. The Hall–Kier alpha value is -1.10. The third-order valence-electron chi connectivity index (χ3n) is 3.62. The molecule has 1 fully saturated rings. The van der Waals surface area contributed by atoms with Gasteiger partial charge in [-0.3, -0.25) is 4.90 Å². The van der Waals surface area contributed by atoms with Gasteiger partial charge >= 0.3 is 0 Å². The molecule has 0 radical (unpaired) electrons. The highest BCUT2D eigenvalue weighted by molar-refractivity contribution is 7.09. The number of aromatic nitrogens is 1. The van der Waals surface area contributed by atoms with Gasteiger partial charge in [0.2, 0.25) is 0 Å². The Kier molecular flexibility index (Phi) is 4.24. The van der Waals surface area contributed by atoms with E-state index >= 15 is 0 Å². The monoisotopic (exact) mass is 307 g/mol. The van der Waals surface area contributed by atoms with Crippen LogP contribution in [0.2, 0.25) is 5.02 Å². The van der Waals surface area contributed by atoms with Gasteiger partial charge in [-0.1, -0.05) is 11.6 Å². The van der Waals surface area contributed by atoms with Gasteiger partial charge in [0.1, 0.15) is 0 Å². The molecule has 3 nitrogen and oxygen atoms in total. The number of hydrogen-bond donors (Lipinski definition) is 0. The Morgan fingerprint density at radius 1 is 1.15 bits per heavy atom. The van der Waals surface area contributed by atoms with Gasteiger partial charge in [-0.05, 0) is 31.2 Å². The minimum Gasteiger partial charge on any atom is -0.369 e. The average molecular weight is 308 g/mol. The van der Waals surface area contributed by atoms with Gasteiger partial charge in [-0.15, -0.1) is 11.3 Å². The maximum Gasteiger partial charge on any atom is 0.0897 e. The lowest BCUT2D eigenvalue weighted by Gasteiger charge is -2.35. The van der Waals surface area contributed by atoms with Crippen molar-refractivity contribution in [1.29, 1.82) is 0 Å². The molecule has 106 valence electrons. The van der Waals surface area contributed by atoms with E-state index in [1.807, 2.05) is 12.1 Å². The molecular weight excluding hydrogens is 290 g/mol. The van der Waals surface area contributed by atoms with Crippen LogP contribution in [0.3, 0.4) is 0 Å². The number of thiazole rings is 1. The van der Waals surface area contributed by atoms with Crippen molar-refractivity contribution >= 4 is 28.6 Å². The highest BCUT2D eigenvalue weighted by atomic mass is 35.5. The van der Waals surface area contributed by atoms with Gasteiger partial charge in [0, 0.05) is 48.8 Å². The molecule has 0 bridgehead atoms. The quantitative estimate of drug-likeness (QED) is 0.866. The van der Waals surface area contributed by atoms with E-state index in [-0.39, 0.29) is 0 Å². The first-order valence-electron chi connectivity index (χ1n) is 6.84. The molecule has 3 rings (SSSR count). The van der Waals surface area contributed by atoms with E-state index in [1.165, 1.54) is 11.4 Å². The minimum absolute atomic E-state index is 0.797. The van der Waals surface area contributed by atoms with Gasteiger partial charge in [0.05, 0.1) is 10.7 Å². The van der Waals surface area contributed by atoms with Crippen LogP contribution in [-0.4, -0.2) is 36.1 Å². The lowest BCUT2D eigenvalue weighted by molar-refractivity contribution is 0.247. The topological polar surface area (TPSA) is 19.4 Å². The summed E-state index contributed by atoms with van der Waals surface area (Å²) in [5.41, 5.74) is 2.46. The highest BCUT2D eigenvalue weighted by Crippen LogP contribution is 2.20. The number of rotatable bonds is 3. The summed E-state index contributed by atoms with van der Waals surface area (Å²) in [6.07, 6.45) is 0. The van der Waals surface area contributed by atoms with Crippen LogP contribution in [0.1, 0.15) is 10.7 Å². The lowest BCUT2D eigenvalue weighted by Crippen LogP contribution is -2.46. The molecule has 2 aromatic rings. The van der Waals surface area contributed by atoms with Crippen LogP contribution in [0.15, 0.2) is 29.6 Å². The molecule has 0 saturated carbocycles. The van der Waals surface area contributed by atoms with Crippen molar-refractivity contribution in [3.8, 4) is 0 Å². The summed E-state index contributed by atoms with van der Waals surface area (Å²) in [6, 6.07) is 8.12. The number of nitrogens with zero attached hydrogens (tertiary/aromatic N) is 3. The predicted molar refractivity (Wildman–Crippen MR) is 85.8 cm³/mol. The maximum atomic E-state index is 5.93. The summed E-state index contributed by atoms with van der Waals surface area (Å²) in [4.78, 5) is 9.43. The molecule has 0 atom stereocenters. The number of anilines is 1. The Morgan fingerprint density at radius 2 is 1.85 bits per heavy atom. The summed E-state index contributed by atoms with van der Waals surface area (Å²) in [5, 5.41) is 4.12. The molecule has 2 heterocycles. The molecule has 1 saturated heterocycles. The maximum absolute atomic E-state index is 5.93. The fourth-order valence-electron chi connectivity index (χ4n) is 2.53. The second-order valence-electron chi connectivity index (χ2n) is 5.10. The molecular formula is C15H18ClN3S. The smallest absolute Gasteiger partial charge is 0.0897 e. The van der Waals surface area contributed by atoms with Crippen molar-refractivity contribution in [3.63, 3.8) is 0 Å². The van der Waals surface area contributed by atoms with E-state index in [1.54, 1.807) is 11.3 Å². The Bertz CT molecular complexity index is 559. The van der Waals surface area contributed by atoms with Crippen molar-refractivity contribution in [2.45, 2.75) is 13.5 Å². The number of benzene rings is 1. The summed E-state index contributed by atoms with van der Waals surface area (Å²) >= 11 is 7.66. The van der Waals surface area contributed by atoms with Crippen LogP contribution in [0.25, 0.3) is 0 Å². The van der Waals surface area contributed by atoms with E-state index in [4.69, 9.17) is 11.6 Å². The predicted octanol–water partition coefficient (Wildman–Crippen LogP) is 3.43.